The molecule has 7 N–H and O–H groups in total. The van der Waals surface area contributed by atoms with Crippen LogP contribution in [0.1, 0.15) is 80.5 Å². The van der Waals surface area contributed by atoms with E-state index in [-0.39, 0.29) is 55.7 Å². The van der Waals surface area contributed by atoms with Gasteiger partial charge < -0.3 is 33.2 Å². The molecule has 19 nitrogen and oxygen atoms in total. The van der Waals surface area contributed by atoms with Crippen LogP contribution in [0.2, 0.25) is 0 Å². The number of anilines is 2. The van der Waals surface area contributed by atoms with Gasteiger partial charge in [0, 0.05) is 38.9 Å². The molecule has 6 aromatic rings. The second-order valence-corrected chi connectivity index (χ2v) is 12.8. The number of nitrogens with two attached hydrogens (primary N) is 2. The van der Waals surface area contributed by atoms with Crippen molar-refractivity contribution in [1.82, 2.24) is 34.5 Å². The molecule has 57 heavy (non-hydrogen) atoms. The molecular formula is C38H43N11O8. The maximum Gasteiger partial charge on any atom is 0.295 e. The number of aromatic nitrogens is 6. The number of carbonyl (C=O) groups excluding carboxylic acids is 4. The van der Waals surface area contributed by atoms with Crippen molar-refractivity contribution in [2.45, 2.75) is 67.0 Å². The number of rotatable bonds is 7. The molecule has 0 spiro atoms. The monoisotopic (exact) mass is 781 g/mol. The van der Waals surface area contributed by atoms with Crippen LogP contribution in [0.4, 0.5) is 11.9 Å². The lowest BCUT2D eigenvalue weighted by atomic mass is 10.1. The minimum atomic E-state index is -0.535. The minimum Gasteiger partial charge on any atom is -0.491 e. The van der Waals surface area contributed by atoms with Gasteiger partial charge in [-0.3, -0.25) is 35.2 Å². The fourth-order valence-corrected chi connectivity index (χ4v) is 6.45. The highest BCUT2D eigenvalue weighted by atomic mass is 16.5. The Morgan fingerprint density at radius 1 is 0.737 bits per heavy atom. The Labute approximate surface area is 325 Å². The highest BCUT2D eigenvalue weighted by molar-refractivity contribution is 6.05. The Kier molecular flexibility index (Phi) is 12.0. The van der Waals surface area contributed by atoms with Gasteiger partial charge in [0.2, 0.25) is 29.8 Å². The lowest BCUT2D eigenvalue weighted by molar-refractivity contribution is -0.106. The molecule has 5 heterocycles. The fourth-order valence-electron chi connectivity index (χ4n) is 6.45. The number of benzene rings is 2. The predicted octanol–water partition coefficient (Wildman–Crippen LogP) is 4.04. The number of hydrogen-bond acceptors (Lipinski definition) is 13. The van der Waals surface area contributed by atoms with Crippen LogP contribution in [-0.4, -0.2) is 66.4 Å². The first-order valence-corrected chi connectivity index (χ1v) is 18.2. The van der Waals surface area contributed by atoms with Crippen molar-refractivity contribution in [2.24, 2.45) is 11.6 Å². The Hall–Kier alpha value is -7.02. The number of nitrogens with zero attached hydrogens (tertiary/aromatic N) is 6. The average Bonchev–Trinajstić information content (AvgIpc) is 3.94. The number of carbonyl (C=O) groups is 4. The summed E-state index contributed by atoms with van der Waals surface area (Å²) < 4.78 is 27.6. The van der Waals surface area contributed by atoms with E-state index in [4.69, 9.17) is 38.9 Å². The second kappa shape index (κ2) is 17.2. The Bertz CT molecular complexity index is 2510. The number of hydrogen-bond donors (Lipinski definition) is 5. The van der Waals surface area contributed by atoms with Gasteiger partial charge in [-0.1, -0.05) is 26.0 Å². The predicted molar refractivity (Wildman–Crippen MR) is 208 cm³/mol. The summed E-state index contributed by atoms with van der Waals surface area (Å²) in [6.07, 6.45) is 5.51. The van der Waals surface area contributed by atoms with E-state index in [1.165, 1.54) is 0 Å². The highest BCUT2D eigenvalue weighted by Crippen LogP contribution is 2.34. The summed E-state index contributed by atoms with van der Waals surface area (Å²) in [6, 6.07) is 7.01. The van der Waals surface area contributed by atoms with E-state index in [0.29, 0.717) is 81.9 Å². The third-order valence-corrected chi connectivity index (χ3v) is 8.84. The molecule has 0 unspecified atom stereocenters. The molecule has 0 radical (unpaired) electrons. The second-order valence-electron chi connectivity index (χ2n) is 12.8. The first-order chi connectivity index (χ1) is 27.5. The molecule has 1 aliphatic rings. The summed E-state index contributed by atoms with van der Waals surface area (Å²) in [7, 11) is 0. The lowest BCUT2D eigenvalue weighted by Crippen LogP contribution is -2.30. The fraction of sp³-hybridized carbons (Fsp3) is 0.316. The number of primary amides is 1. The Morgan fingerprint density at radius 2 is 1.21 bits per heavy atom. The van der Waals surface area contributed by atoms with Crippen LogP contribution in [0.5, 0.6) is 11.5 Å². The van der Waals surface area contributed by atoms with Crippen LogP contribution in [0, 0.1) is 20.8 Å². The average molecular weight is 782 g/mol. The summed E-state index contributed by atoms with van der Waals surface area (Å²) in [5.74, 6) is 6.36. The molecule has 2 aromatic carbocycles. The van der Waals surface area contributed by atoms with Crippen LogP contribution < -0.4 is 37.1 Å². The van der Waals surface area contributed by atoms with Crippen molar-refractivity contribution in [3.05, 3.63) is 82.2 Å². The van der Waals surface area contributed by atoms with Crippen molar-refractivity contribution in [3.8, 4) is 11.5 Å². The van der Waals surface area contributed by atoms with Gasteiger partial charge in [0.25, 0.3) is 17.7 Å². The minimum absolute atomic E-state index is 0.0846. The van der Waals surface area contributed by atoms with Gasteiger partial charge >= 0.3 is 0 Å². The van der Waals surface area contributed by atoms with Crippen molar-refractivity contribution in [1.29, 1.82) is 0 Å². The van der Waals surface area contributed by atoms with Gasteiger partial charge in [0.1, 0.15) is 22.5 Å². The zero-order valence-electron chi connectivity index (χ0n) is 32.1. The van der Waals surface area contributed by atoms with E-state index in [2.05, 4.69) is 31.8 Å². The SMILES string of the molecule is CCc1nc(C)oc1C(=O)Nc1nc2cc(C)cc3c2n1C/C=C\Cn1c(NC(=O)c2oc(C)nc2CC)nc2cc(C(=O)NN)cc(c21)OCCCO3.NC=O. The van der Waals surface area contributed by atoms with E-state index in [0.717, 1.165) is 5.56 Å². The van der Waals surface area contributed by atoms with Crippen LogP contribution in [0.3, 0.4) is 0 Å². The van der Waals surface area contributed by atoms with Gasteiger partial charge in [-0.2, -0.15) is 0 Å². The normalized spacial score (nSPS) is 13.3. The number of allylic oxidation sites excluding steroid dienone is 2. The summed E-state index contributed by atoms with van der Waals surface area (Å²) in [5, 5.41) is 5.81. The van der Waals surface area contributed by atoms with Crippen LogP contribution >= 0.6 is 0 Å². The molecule has 19 heteroatoms. The largest absolute Gasteiger partial charge is 0.491 e. The topological polar surface area (TPSA) is 263 Å². The summed E-state index contributed by atoms with van der Waals surface area (Å²) in [4.78, 5) is 66.5. The molecule has 0 saturated heterocycles. The molecule has 0 fully saturated rings. The van der Waals surface area contributed by atoms with Crippen molar-refractivity contribution in [2.75, 3.05) is 23.8 Å². The summed E-state index contributed by atoms with van der Waals surface area (Å²) in [6.45, 7) is 10.1. The standard InChI is InChI=1S/C37H40N10O7.CH3NO/c1-6-23-31(53-20(4)39-23)34(49)43-36-41-25-15-19(3)16-27-29(25)46(36)11-8-9-12-47-30-26(17-22(33(48)45-38)18-28(30)52-14-10-13-51-27)42-37(47)44-35(50)32-24(7-2)40-21(5)54-32;2-1-3/h8-9,15-18H,6-7,10-14,38H2,1-5H3,(H,45,48)(H,41,43,49)(H,42,44,50);1H,(H2,2,3)/b9-8-;. The van der Waals surface area contributed by atoms with E-state index in [1.807, 2.05) is 49.6 Å². The third-order valence-electron chi connectivity index (χ3n) is 8.84. The molecule has 0 aliphatic carbocycles. The smallest absolute Gasteiger partial charge is 0.295 e. The van der Waals surface area contributed by atoms with Gasteiger partial charge in [-0.15, -0.1) is 0 Å². The number of ether oxygens (including phenoxy) is 2. The third kappa shape index (κ3) is 8.32. The van der Waals surface area contributed by atoms with Gasteiger partial charge in [-0.05, 0) is 49.6 Å². The van der Waals surface area contributed by atoms with Gasteiger partial charge in [0.05, 0.1) is 35.6 Å². The first kappa shape index (κ1) is 39.7. The molecule has 0 bridgehead atoms. The molecule has 7 rings (SSSR count). The summed E-state index contributed by atoms with van der Waals surface area (Å²) in [5.41, 5.74) is 10.8. The van der Waals surface area contributed by atoms with Crippen LogP contribution in [0.25, 0.3) is 22.1 Å². The highest BCUT2D eigenvalue weighted by Gasteiger charge is 2.25. The van der Waals surface area contributed by atoms with Crippen molar-refractivity contribution >= 4 is 58.1 Å². The van der Waals surface area contributed by atoms with Crippen LogP contribution in [0.15, 0.2) is 45.3 Å². The zero-order valence-corrected chi connectivity index (χ0v) is 32.1. The van der Waals surface area contributed by atoms with E-state index < -0.39 is 17.7 Å². The number of imidazole rings is 2. The zero-order chi connectivity index (χ0) is 40.8. The van der Waals surface area contributed by atoms with Crippen LogP contribution in [-0.2, 0) is 30.7 Å². The number of oxazole rings is 2. The van der Waals surface area contributed by atoms with Gasteiger partial charge in [0.15, 0.2) is 11.8 Å². The number of nitrogens with one attached hydrogen (secondary N) is 3. The van der Waals surface area contributed by atoms with E-state index in [1.54, 1.807) is 30.5 Å². The molecular weight excluding hydrogens is 738 g/mol. The van der Waals surface area contributed by atoms with Crippen molar-refractivity contribution in [3.63, 3.8) is 0 Å². The van der Waals surface area contributed by atoms with Crippen molar-refractivity contribution < 1.29 is 37.5 Å². The van der Waals surface area contributed by atoms with E-state index in [9.17, 15) is 14.4 Å². The number of aryl methyl sites for hydroxylation is 5. The van der Waals surface area contributed by atoms with E-state index >= 15 is 0 Å². The number of nitrogen functional groups attached to an aromatic ring is 1. The number of hydrazine groups is 1. The first-order valence-electron chi connectivity index (χ1n) is 18.2. The van der Waals surface area contributed by atoms with Gasteiger partial charge in [-0.25, -0.2) is 25.8 Å². The lowest BCUT2D eigenvalue weighted by Gasteiger charge is -2.13. The molecule has 0 atom stereocenters. The Balaban J connectivity index is 0.00000177. The maximum atomic E-state index is 13.6. The Morgan fingerprint density at radius 3 is 1.68 bits per heavy atom. The molecule has 4 aromatic heterocycles. The molecule has 4 amide bonds. The molecule has 1 aliphatic heterocycles. The maximum absolute atomic E-state index is 13.6. The quantitative estimate of drug-likeness (QED) is 0.0504. The summed E-state index contributed by atoms with van der Waals surface area (Å²) >= 11 is 0. The molecule has 0 saturated carbocycles. The molecule has 298 valence electrons. The number of amides is 4.